The summed E-state index contributed by atoms with van der Waals surface area (Å²) in [6.45, 7) is 0.375. The summed E-state index contributed by atoms with van der Waals surface area (Å²) in [5, 5.41) is 16.5. The summed E-state index contributed by atoms with van der Waals surface area (Å²) in [5.74, 6) is -0.342. The molecule has 0 atom stereocenters. The fraction of sp³-hybridized carbons (Fsp3) is 0.333. The molecule has 2 heterocycles. The Morgan fingerprint density at radius 2 is 2.14 bits per heavy atom. The van der Waals surface area contributed by atoms with Crippen molar-refractivity contribution in [3.05, 3.63) is 41.7 Å². The molecule has 3 rings (SSSR count). The van der Waals surface area contributed by atoms with Crippen LogP contribution in [0.5, 0.6) is 0 Å². The molecule has 0 fully saturated rings. The number of aliphatic hydroxyl groups is 1. The molecule has 0 aliphatic carbocycles. The summed E-state index contributed by atoms with van der Waals surface area (Å²) in [4.78, 5) is -0.396. The topological polar surface area (TPSA) is 88.3 Å². The van der Waals surface area contributed by atoms with Crippen molar-refractivity contribution in [2.24, 2.45) is 0 Å². The molecule has 1 aliphatic rings. The highest BCUT2D eigenvalue weighted by molar-refractivity contribution is 7.89. The number of sulfonamides is 1. The van der Waals surface area contributed by atoms with Gasteiger partial charge in [0.2, 0.25) is 10.0 Å². The summed E-state index contributed by atoms with van der Waals surface area (Å²) < 4.78 is 41.9. The molecular formula is C12H13FN4O3S. The van der Waals surface area contributed by atoms with Crippen LogP contribution in [0.1, 0.15) is 11.4 Å². The Morgan fingerprint density at radius 1 is 1.33 bits per heavy atom. The van der Waals surface area contributed by atoms with Gasteiger partial charge in [-0.25, -0.2) is 12.8 Å². The Balaban J connectivity index is 1.95. The van der Waals surface area contributed by atoms with E-state index in [1.54, 1.807) is 4.57 Å². The minimum atomic E-state index is -3.94. The predicted molar refractivity (Wildman–Crippen MR) is 69.9 cm³/mol. The lowest BCUT2D eigenvalue weighted by Crippen LogP contribution is -2.38. The van der Waals surface area contributed by atoms with Crippen LogP contribution in [0.25, 0.3) is 0 Å². The molecule has 112 valence electrons. The van der Waals surface area contributed by atoms with Crippen LogP contribution in [0.15, 0.2) is 29.4 Å². The Hall–Kier alpha value is -1.84. The van der Waals surface area contributed by atoms with Crippen LogP contribution in [0.4, 0.5) is 4.39 Å². The molecule has 0 radical (unpaired) electrons. The molecule has 9 heteroatoms. The van der Waals surface area contributed by atoms with E-state index in [-0.39, 0.29) is 19.7 Å². The normalized spacial score (nSPS) is 15.9. The van der Waals surface area contributed by atoms with Crippen LogP contribution in [-0.2, 0) is 29.7 Å². The third-order valence-electron chi connectivity index (χ3n) is 3.40. The number of rotatable bonds is 3. The lowest BCUT2D eigenvalue weighted by atomic mass is 10.2. The van der Waals surface area contributed by atoms with Crippen molar-refractivity contribution < 1.29 is 17.9 Å². The molecule has 0 saturated heterocycles. The van der Waals surface area contributed by atoms with Crippen molar-refractivity contribution in [2.75, 3.05) is 6.54 Å². The second kappa shape index (κ2) is 5.17. The average Bonchev–Trinajstić information content (AvgIpc) is 2.94. The lowest BCUT2D eigenvalue weighted by Gasteiger charge is -2.26. The standard InChI is InChI=1S/C12H13FN4O3S/c13-10-5-9(7-18)1-2-11(10)21(19,20)17-4-3-16-8-14-15-12(16)6-17/h1-2,5,8,18H,3-4,6-7H2. The van der Waals surface area contributed by atoms with Crippen LogP contribution in [0, 0.1) is 5.82 Å². The highest BCUT2D eigenvalue weighted by atomic mass is 32.2. The molecule has 1 aliphatic heterocycles. The number of fused-ring (bicyclic) bond motifs is 1. The van der Waals surface area contributed by atoms with Gasteiger partial charge in [0.15, 0.2) is 0 Å². The highest BCUT2D eigenvalue weighted by Crippen LogP contribution is 2.23. The van der Waals surface area contributed by atoms with Gasteiger partial charge in [0, 0.05) is 13.1 Å². The second-order valence-electron chi connectivity index (χ2n) is 4.70. The molecule has 1 N–H and O–H groups in total. The van der Waals surface area contributed by atoms with Crippen molar-refractivity contribution in [3.63, 3.8) is 0 Å². The number of hydrogen-bond acceptors (Lipinski definition) is 5. The van der Waals surface area contributed by atoms with Gasteiger partial charge in [0.05, 0.1) is 13.2 Å². The van der Waals surface area contributed by atoms with Gasteiger partial charge in [0.25, 0.3) is 0 Å². The molecule has 1 aromatic carbocycles. The average molecular weight is 312 g/mol. The number of nitrogens with zero attached hydrogens (tertiary/aromatic N) is 4. The van der Waals surface area contributed by atoms with Gasteiger partial charge >= 0.3 is 0 Å². The maximum Gasteiger partial charge on any atom is 0.246 e. The first-order chi connectivity index (χ1) is 10.0. The number of hydrogen-bond donors (Lipinski definition) is 1. The highest BCUT2D eigenvalue weighted by Gasteiger charge is 2.31. The second-order valence-corrected chi connectivity index (χ2v) is 6.61. The van der Waals surface area contributed by atoms with Gasteiger partial charge in [-0.3, -0.25) is 0 Å². The van der Waals surface area contributed by atoms with Crippen molar-refractivity contribution in [3.8, 4) is 0 Å². The van der Waals surface area contributed by atoms with Crippen LogP contribution >= 0.6 is 0 Å². The van der Waals surface area contributed by atoms with E-state index < -0.39 is 20.7 Å². The molecule has 1 aromatic heterocycles. The number of halogens is 1. The molecule has 0 saturated carbocycles. The van der Waals surface area contributed by atoms with Crippen LogP contribution in [-0.4, -0.2) is 39.1 Å². The molecule has 0 spiro atoms. The quantitative estimate of drug-likeness (QED) is 0.869. The van der Waals surface area contributed by atoms with Crippen molar-refractivity contribution >= 4 is 10.0 Å². The Morgan fingerprint density at radius 3 is 2.86 bits per heavy atom. The molecule has 0 unspecified atom stereocenters. The predicted octanol–water partition coefficient (Wildman–Crippen LogP) is 0.114. The van der Waals surface area contributed by atoms with Gasteiger partial charge in [-0.15, -0.1) is 10.2 Å². The van der Waals surface area contributed by atoms with E-state index in [1.165, 1.54) is 22.8 Å². The van der Waals surface area contributed by atoms with Crippen molar-refractivity contribution in [1.82, 2.24) is 19.1 Å². The fourth-order valence-corrected chi connectivity index (χ4v) is 3.67. The first-order valence-electron chi connectivity index (χ1n) is 6.28. The lowest BCUT2D eigenvalue weighted by molar-refractivity contribution is 0.281. The van der Waals surface area contributed by atoms with Gasteiger partial charge in [-0.2, -0.15) is 4.31 Å². The maximum atomic E-state index is 14.0. The Bertz CT molecular complexity index is 775. The Labute approximate surface area is 120 Å². The van der Waals surface area contributed by atoms with E-state index in [1.807, 2.05) is 0 Å². The van der Waals surface area contributed by atoms with E-state index in [9.17, 15) is 12.8 Å². The van der Waals surface area contributed by atoms with E-state index in [4.69, 9.17) is 5.11 Å². The first-order valence-corrected chi connectivity index (χ1v) is 7.72. The molecule has 7 nitrogen and oxygen atoms in total. The van der Waals surface area contributed by atoms with Gasteiger partial charge in [-0.05, 0) is 17.7 Å². The SMILES string of the molecule is O=S(=O)(c1ccc(CO)cc1F)N1CCn2cnnc2C1. The largest absolute Gasteiger partial charge is 0.392 e. The Kier molecular flexibility index (Phi) is 3.47. The number of benzene rings is 1. The van der Waals surface area contributed by atoms with Gasteiger partial charge in [0.1, 0.15) is 22.9 Å². The van der Waals surface area contributed by atoms with Crippen LogP contribution < -0.4 is 0 Å². The summed E-state index contributed by atoms with van der Waals surface area (Å²) in [6.07, 6.45) is 1.54. The zero-order chi connectivity index (χ0) is 15.0. The minimum absolute atomic E-state index is 0.0591. The third-order valence-corrected chi connectivity index (χ3v) is 5.28. The fourth-order valence-electron chi connectivity index (χ4n) is 2.24. The molecule has 0 amide bonds. The zero-order valence-electron chi connectivity index (χ0n) is 11.0. The van der Waals surface area contributed by atoms with Crippen LogP contribution in [0.3, 0.4) is 0 Å². The van der Waals surface area contributed by atoms with E-state index in [0.29, 0.717) is 17.9 Å². The molecule has 0 bridgehead atoms. The monoisotopic (exact) mass is 312 g/mol. The van der Waals surface area contributed by atoms with Gasteiger partial charge in [-0.1, -0.05) is 6.07 Å². The van der Waals surface area contributed by atoms with Crippen molar-refractivity contribution in [1.29, 1.82) is 0 Å². The number of aromatic nitrogens is 3. The summed E-state index contributed by atoms with van der Waals surface area (Å²) in [6, 6.07) is 3.59. The maximum absolute atomic E-state index is 14.0. The third kappa shape index (κ3) is 2.43. The minimum Gasteiger partial charge on any atom is -0.392 e. The smallest absolute Gasteiger partial charge is 0.246 e. The molecular weight excluding hydrogens is 299 g/mol. The molecule has 21 heavy (non-hydrogen) atoms. The van der Waals surface area contributed by atoms with E-state index in [2.05, 4.69) is 10.2 Å². The number of aliphatic hydroxyl groups excluding tert-OH is 1. The van der Waals surface area contributed by atoms with Gasteiger partial charge < -0.3 is 9.67 Å². The van der Waals surface area contributed by atoms with E-state index in [0.717, 1.165) is 6.07 Å². The zero-order valence-corrected chi connectivity index (χ0v) is 11.8. The summed E-state index contributed by atoms with van der Waals surface area (Å²) in [7, 11) is -3.94. The summed E-state index contributed by atoms with van der Waals surface area (Å²) >= 11 is 0. The van der Waals surface area contributed by atoms with Crippen LogP contribution in [0.2, 0.25) is 0 Å². The first kappa shape index (κ1) is 14.1. The summed E-state index contributed by atoms with van der Waals surface area (Å²) in [5.41, 5.74) is 0.324. The molecule has 2 aromatic rings. The van der Waals surface area contributed by atoms with Crippen molar-refractivity contribution in [2.45, 2.75) is 24.6 Å². The van der Waals surface area contributed by atoms with E-state index >= 15 is 0 Å².